The second-order valence-electron chi connectivity index (χ2n) is 4.04. The molecule has 1 aliphatic heterocycles. The Balaban J connectivity index is 0.00000180. The molecule has 1 fully saturated rings. The van der Waals surface area contributed by atoms with Gasteiger partial charge in [-0.25, -0.2) is 4.79 Å². The van der Waals surface area contributed by atoms with Crippen molar-refractivity contribution >= 4 is 17.8 Å². The van der Waals surface area contributed by atoms with Gasteiger partial charge in [-0.2, -0.15) is 0 Å². The molecule has 5 N–H and O–H groups in total. The molecule has 19 heavy (non-hydrogen) atoms. The number of urea groups is 1. The fourth-order valence-corrected chi connectivity index (χ4v) is 2.09. The lowest BCUT2D eigenvalue weighted by molar-refractivity contribution is -0.138. The van der Waals surface area contributed by atoms with Crippen molar-refractivity contribution in [2.75, 3.05) is 0 Å². The minimum absolute atomic E-state index is 0. The van der Waals surface area contributed by atoms with Crippen LogP contribution in [0.25, 0.3) is 0 Å². The Labute approximate surface area is 108 Å². The predicted octanol–water partition coefficient (Wildman–Crippen LogP) is -0.419. The largest absolute Gasteiger partial charge is 0.508 e. The van der Waals surface area contributed by atoms with Gasteiger partial charge in [0.1, 0.15) is 5.75 Å². The van der Waals surface area contributed by atoms with E-state index in [1.165, 1.54) is 24.3 Å². The molecule has 102 valence electrons. The molecule has 0 spiro atoms. The van der Waals surface area contributed by atoms with Crippen LogP contribution in [0.2, 0.25) is 0 Å². The first-order valence-corrected chi connectivity index (χ1v) is 5.47. The number of carbonyl (C=O) groups excluding carboxylic acids is 3. The summed E-state index contributed by atoms with van der Waals surface area (Å²) < 4.78 is 0. The molecular weight excluding hydrogens is 252 g/mol. The monoisotopic (exact) mass is 266 g/mol. The molecule has 0 bridgehead atoms. The molecule has 1 aromatic carbocycles. The topological polar surface area (TPSA) is 127 Å². The van der Waals surface area contributed by atoms with Gasteiger partial charge in [-0.3, -0.25) is 20.2 Å². The van der Waals surface area contributed by atoms with Crippen molar-refractivity contribution in [3.63, 3.8) is 0 Å². The number of hydrogen-bond donors (Lipinski definition) is 3. The van der Waals surface area contributed by atoms with Crippen LogP contribution >= 0.6 is 0 Å². The zero-order chi connectivity index (χ0) is 13.3. The summed E-state index contributed by atoms with van der Waals surface area (Å²) in [5, 5.41) is 13.4. The maximum absolute atomic E-state index is 12.0. The number of barbiturate groups is 1. The minimum Gasteiger partial charge on any atom is -0.508 e. The predicted molar refractivity (Wildman–Crippen MR) is 65.4 cm³/mol. The van der Waals surface area contributed by atoms with E-state index in [0.717, 1.165) is 0 Å². The van der Waals surface area contributed by atoms with Gasteiger partial charge in [-0.05, 0) is 24.1 Å². The number of aromatic hydroxyl groups is 1. The Kier molecular flexibility index (Phi) is 3.91. The zero-order valence-corrected chi connectivity index (χ0v) is 10.2. The van der Waals surface area contributed by atoms with Crippen molar-refractivity contribution in [2.45, 2.75) is 18.8 Å². The highest BCUT2D eigenvalue weighted by Gasteiger charge is 2.50. The first-order chi connectivity index (χ1) is 8.50. The summed E-state index contributed by atoms with van der Waals surface area (Å²) >= 11 is 0. The van der Waals surface area contributed by atoms with E-state index in [2.05, 4.69) is 10.6 Å². The maximum Gasteiger partial charge on any atom is 0.328 e. The summed E-state index contributed by atoms with van der Waals surface area (Å²) in [6.45, 7) is 1.68. The number of phenolic OH excluding ortho intramolecular Hbond substituents is 1. The van der Waals surface area contributed by atoms with Crippen LogP contribution < -0.4 is 10.6 Å². The molecular formula is C12H14N2O5. The van der Waals surface area contributed by atoms with E-state index in [9.17, 15) is 19.5 Å². The fourth-order valence-electron chi connectivity index (χ4n) is 2.09. The molecule has 1 aromatic rings. The van der Waals surface area contributed by atoms with Crippen LogP contribution in [0.15, 0.2) is 24.3 Å². The molecule has 1 aliphatic rings. The van der Waals surface area contributed by atoms with E-state index in [-0.39, 0.29) is 17.6 Å². The molecule has 4 amide bonds. The summed E-state index contributed by atoms with van der Waals surface area (Å²) in [7, 11) is 0. The summed E-state index contributed by atoms with van der Waals surface area (Å²) in [4.78, 5) is 35.1. The average Bonchev–Trinajstić information content (AvgIpc) is 2.31. The van der Waals surface area contributed by atoms with Gasteiger partial charge >= 0.3 is 6.03 Å². The lowest BCUT2D eigenvalue weighted by Gasteiger charge is -2.33. The summed E-state index contributed by atoms with van der Waals surface area (Å²) in [6, 6.07) is 4.96. The van der Waals surface area contributed by atoms with Crippen LogP contribution in [-0.2, 0) is 15.0 Å². The third-order valence-electron chi connectivity index (χ3n) is 3.12. The first-order valence-electron chi connectivity index (χ1n) is 5.47. The third-order valence-corrected chi connectivity index (χ3v) is 3.12. The Bertz CT molecular complexity index is 503. The summed E-state index contributed by atoms with van der Waals surface area (Å²) in [6.07, 6.45) is 0.211. The molecule has 1 heterocycles. The Hall–Kier alpha value is -2.41. The van der Waals surface area contributed by atoms with Crippen LogP contribution in [0.5, 0.6) is 5.75 Å². The number of imide groups is 2. The van der Waals surface area contributed by atoms with Crippen LogP contribution in [0.1, 0.15) is 18.9 Å². The Morgan fingerprint density at radius 3 is 1.95 bits per heavy atom. The van der Waals surface area contributed by atoms with Gasteiger partial charge < -0.3 is 10.6 Å². The van der Waals surface area contributed by atoms with E-state index < -0.39 is 23.3 Å². The van der Waals surface area contributed by atoms with Crippen molar-refractivity contribution in [3.05, 3.63) is 29.8 Å². The second kappa shape index (κ2) is 5.07. The lowest BCUT2D eigenvalue weighted by Crippen LogP contribution is -2.64. The highest BCUT2D eigenvalue weighted by molar-refractivity contribution is 6.22. The highest BCUT2D eigenvalue weighted by Crippen LogP contribution is 2.31. The third kappa shape index (κ3) is 2.15. The van der Waals surface area contributed by atoms with Gasteiger partial charge in [0.25, 0.3) is 0 Å². The molecule has 0 atom stereocenters. The van der Waals surface area contributed by atoms with E-state index in [1.54, 1.807) is 6.92 Å². The van der Waals surface area contributed by atoms with Crippen molar-refractivity contribution in [3.8, 4) is 5.75 Å². The molecule has 7 nitrogen and oxygen atoms in total. The van der Waals surface area contributed by atoms with Crippen molar-refractivity contribution in [1.29, 1.82) is 0 Å². The molecule has 0 saturated carbocycles. The van der Waals surface area contributed by atoms with E-state index in [4.69, 9.17) is 0 Å². The molecule has 2 rings (SSSR count). The average molecular weight is 266 g/mol. The van der Waals surface area contributed by atoms with Crippen LogP contribution in [0.3, 0.4) is 0 Å². The van der Waals surface area contributed by atoms with Gasteiger partial charge in [0.15, 0.2) is 5.41 Å². The van der Waals surface area contributed by atoms with Gasteiger partial charge in [0.2, 0.25) is 11.8 Å². The Morgan fingerprint density at radius 1 is 1.05 bits per heavy atom. The maximum atomic E-state index is 12.0. The smallest absolute Gasteiger partial charge is 0.328 e. The van der Waals surface area contributed by atoms with Crippen LogP contribution in [-0.4, -0.2) is 28.4 Å². The number of phenols is 1. The van der Waals surface area contributed by atoms with Crippen LogP contribution in [0, 0.1) is 0 Å². The van der Waals surface area contributed by atoms with Crippen molar-refractivity contribution < 1.29 is 25.0 Å². The van der Waals surface area contributed by atoms with Gasteiger partial charge in [0, 0.05) is 0 Å². The number of benzene rings is 1. The minimum atomic E-state index is -1.43. The van der Waals surface area contributed by atoms with Gasteiger partial charge in [-0.15, -0.1) is 0 Å². The summed E-state index contributed by atoms with van der Waals surface area (Å²) in [5.74, 6) is -1.26. The van der Waals surface area contributed by atoms with E-state index >= 15 is 0 Å². The molecule has 0 aromatic heterocycles. The van der Waals surface area contributed by atoms with Crippen molar-refractivity contribution in [1.82, 2.24) is 10.6 Å². The highest BCUT2D eigenvalue weighted by atomic mass is 16.3. The summed E-state index contributed by atoms with van der Waals surface area (Å²) in [5.41, 5.74) is -0.993. The number of amides is 4. The van der Waals surface area contributed by atoms with Crippen LogP contribution in [0.4, 0.5) is 4.79 Å². The molecule has 1 saturated heterocycles. The number of hydrogen-bond acceptors (Lipinski definition) is 4. The SMILES string of the molecule is CCC1(c2ccc(O)cc2)C(=O)NC(=O)NC1=O.O. The first kappa shape index (κ1) is 14.7. The normalized spacial score (nSPS) is 17.2. The molecule has 0 radical (unpaired) electrons. The van der Waals surface area contributed by atoms with E-state index in [1.807, 2.05) is 0 Å². The molecule has 0 unspecified atom stereocenters. The molecule has 0 aliphatic carbocycles. The lowest BCUT2D eigenvalue weighted by atomic mass is 9.75. The second-order valence-corrected chi connectivity index (χ2v) is 4.04. The van der Waals surface area contributed by atoms with E-state index in [0.29, 0.717) is 5.56 Å². The quantitative estimate of drug-likeness (QED) is 0.628. The standard InChI is InChI=1S/C12H12N2O4.H2O/c1-2-12(7-3-5-8(15)6-4-7)9(16)13-11(18)14-10(12)17;/h3-6,15H,2H2,1H3,(H2,13,14,16,17,18);1H2. The van der Waals surface area contributed by atoms with Gasteiger partial charge in [-0.1, -0.05) is 19.1 Å². The number of rotatable bonds is 2. The number of carbonyl (C=O) groups is 3. The van der Waals surface area contributed by atoms with Gasteiger partial charge in [0.05, 0.1) is 0 Å². The molecule has 7 heteroatoms. The Morgan fingerprint density at radius 2 is 1.53 bits per heavy atom. The number of nitrogens with one attached hydrogen (secondary N) is 2. The zero-order valence-electron chi connectivity index (χ0n) is 10.2. The van der Waals surface area contributed by atoms with Crippen molar-refractivity contribution in [2.24, 2.45) is 0 Å². The fraction of sp³-hybridized carbons (Fsp3) is 0.250.